The molecule has 5 heteroatoms. The first-order valence-corrected chi connectivity index (χ1v) is 4.62. The van der Waals surface area contributed by atoms with Crippen molar-refractivity contribution in [1.29, 1.82) is 0 Å². The quantitative estimate of drug-likeness (QED) is 0.740. The van der Waals surface area contributed by atoms with Gasteiger partial charge >= 0.3 is 0 Å². The molecule has 0 bridgehead atoms. The van der Waals surface area contributed by atoms with Crippen LogP contribution in [-0.2, 0) is 18.3 Å². The average molecular weight is 198 g/mol. The van der Waals surface area contributed by atoms with Gasteiger partial charge in [-0.2, -0.15) is 5.10 Å². The van der Waals surface area contributed by atoms with Crippen molar-refractivity contribution < 1.29 is 4.74 Å². The second-order valence-electron chi connectivity index (χ2n) is 3.97. The monoisotopic (exact) mass is 198 g/mol. The van der Waals surface area contributed by atoms with E-state index >= 15 is 0 Å². The molecule has 0 unspecified atom stereocenters. The van der Waals surface area contributed by atoms with Gasteiger partial charge in [0.15, 0.2) is 0 Å². The summed E-state index contributed by atoms with van der Waals surface area (Å²) in [7, 11) is 3.58. The van der Waals surface area contributed by atoms with Crippen molar-refractivity contribution in [1.82, 2.24) is 20.1 Å². The zero-order chi connectivity index (χ0) is 10.6. The third kappa shape index (κ3) is 3.08. The van der Waals surface area contributed by atoms with E-state index in [9.17, 15) is 0 Å². The maximum absolute atomic E-state index is 5.10. The Morgan fingerprint density at radius 3 is 2.79 bits per heavy atom. The molecule has 0 saturated carbocycles. The van der Waals surface area contributed by atoms with Crippen LogP contribution in [0.4, 0.5) is 0 Å². The summed E-state index contributed by atoms with van der Waals surface area (Å²) < 4.78 is 6.86. The third-order valence-electron chi connectivity index (χ3n) is 2.04. The molecular formula is C9H18N4O. The molecule has 0 aliphatic heterocycles. The van der Waals surface area contributed by atoms with Crippen LogP contribution in [0.5, 0.6) is 0 Å². The summed E-state index contributed by atoms with van der Waals surface area (Å²) in [5.41, 5.74) is -0.0410. The number of hydrogen-bond donors (Lipinski definition) is 1. The third-order valence-corrected chi connectivity index (χ3v) is 2.04. The molecule has 1 N–H and O–H groups in total. The Hall–Kier alpha value is -0.940. The van der Waals surface area contributed by atoms with E-state index in [0.717, 1.165) is 5.82 Å². The van der Waals surface area contributed by atoms with Gasteiger partial charge in [-0.3, -0.25) is 4.68 Å². The van der Waals surface area contributed by atoms with Gasteiger partial charge in [-0.1, -0.05) is 0 Å². The lowest BCUT2D eigenvalue weighted by molar-refractivity contribution is 0.127. The second kappa shape index (κ2) is 4.52. The van der Waals surface area contributed by atoms with Crippen LogP contribution in [0.25, 0.3) is 0 Å². The van der Waals surface area contributed by atoms with Crippen LogP contribution < -0.4 is 5.32 Å². The lowest BCUT2D eigenvalue weighted by Crippen LogP contribution is -2.43. The zero-order valence-electron chi connectivity index (χ0n) is 9.24. The van der Waals surface area contributed by atoms with Crippen LogP contribution in [0.2, 0.25) is 0 Å². The lowest BCUT2D eigenvalue weighted by Gasteiger charge is -2.24. The van der Waals surface area contributed by atoms with Crippen molar-refractivity contribution in [2.45, 2.75) is 25.9 Å². The van der Waals surface area contributed by atoms with Gasteiger partial charge in [-0.25, -0.2) is 4.98 Å². The summed E-state index contributed by atoms with van der Waals surface area (Å²) in [6.07, 6.45) is 1.56. The predicted octanol–water partition coefficient (Wildman–Crippen LogP) is 0.330. The first-order chi connectivity index (χ1) is 6.55. The van der Waals surface area contributed by atoms with E-state index in [1.54, 1.807) is 18.1 Å². The molecule has 0 aromatic carbocycles. The molecule has 1 aromatic heterocycles. The van der Waals surface area contributed by atoms with Crippen LogP contribution in [0.15, 0.2) is 6.33 Å². The number of aryl methyl sites for hydroxylation is 1. The number of aromatic nitrogens is 3. The number of rotatable bonds is 5. The van der Waals surface area contributed by atoms with Gasteiger partial charge in [-0.05, 0) is 13.8 Å². The van der Waals surface area contributed by atoms with E-state index < -0.39 is 0 Å². The van der Waals surface area contributed by atoms with Gasteiger partial charge < -0.3 is 10.1 Å². The predicted molar refractivity (Wildman–Crippen MR) is 53.8 cm³/mol. The molecule has 5 nitrogen and oxygen atoms in total. The Balaban J connectivity index is 2.44. The van der Waals surface area contributed by atoms with E-state index in [-0.39, 0.29) is 5.54 Å². The van der Waals surface area contributed by atoms with E-state index in [1.807, 2.05) is 7.05 Å². The summed E-state index contributed by atoms with van der Waals surface area (Å²) in [4.78, 5) is 4.13. The molecule has 1 aromatic rings. The van der Waals surface area contributed by atoms with Gasteiger partial charge in [0.25, 0.3) is 0 Å². The zero-order valence-corrected chi connectivity index (χ0v) is 9.24. The molecule has 0 amide bonds. The van der Waals surface area contributed by atoms with E-state index in [4.69, 9.17) is 4.74 Å². The van der Waals surface area contributed by atoms with E-state index in [1.165, 1.54) is 0 Å². The first kappa shape index (κ1) is 11.1. The number of nitrogens with zero attached hydrogens (tertiary/aromatic N) is 3. The van der Waals surface area contributed by atoms with Crippen molar-refractivity contribution in [3.8, 4) is 0 Å². The number of nitrogens with one attached hydrogen (secondary N) is 1. The Morgan fingerprint density at radius 1 is 1.57 bits per heavy atom. The van der Waals surface area contributed by atoms with Crippen molar-refractivity contribution in [3.05, 3.63) is 12.2 Å². The smallest absolute Gasteiger partial charge is 0.140 e. The van der Waals surface area contributed by atoms with Gasteiger partial charge in [0, 0.05) is 19.7 Å². The minimum atomic E-state index is -0.0410. The molecule has 0 fully saturated rings. The Labute approximate surface area is 84.5 Å². The highest BCUT2D eigenvalue weighted by molar-refractivity contribution is 4.86. The topological polar surface area (TPSA) is 52.0 Å². The fourth-order valence-corrected chi connectivity index (χ4v) is 1.21. The summed E-state index contributed by atoms with van der Waals surface area (Å²) in [6, 6.07) is 0. The molecule has 1 heterocycles. The van der Waals surface area contributed by atoms with E-state index in [2.05, 4.69) is 29.2 Å². The van der Waals surface area contributed by atoms with Crippen LogP contribution >= 0.6 is 0 Å². The minimum Gasteiger partial charge on any atom is -0.383 e. The fraction of sp³-hybridized carbons (Fsp3) is 0.778. The van der Waals surface area contributed by atoms with Crippen LogP contribution in [-0.4, -0.2) is 34.0 Å². The molecule has 0 saturated heterocycles. The molecular weight excluding hydrogens is 180 g/mol. The maximum Gasteiger partial charge on any atom is 0.140 e. The minimum absolute atomic E-state index is 0.0410. The molecule has 0 aliphatic rings. The highest BCUT2D eigenvalue weighted by Crippen LogP contribution is 2.03. The number of ether oxygens (including phenoxy) is 1. The molecule has 0 spiro atoms. The van der Waals surface area contributed by atoms with Gasteiger partial charge in [0.05, 0.1) is 13.2 Å². The summed E-state index contributed by atoms with van der Waals surface area (Å²) in [5.74, 6) is 0.925. The summed E-state index contributed by atoms with van der Waals surface area (Å²) in [6.45, 7) is 5.55. The molecule has 0 radical (unpaired) electrons. The van der Waals surface area contributed by atoms with Gasteiger partial charge in [0.2, 0.25) is 0 Å². The van der Waals surface area contributed by atoms with Crippen LogP contribution in [0, 0.1) is 0 Å². The van der Waals surface area contributed by atoms with Crippen LogP contribution in [0.1, 0.15) is 19.7 Å². The second-order valence-corrected chi connectivity index (χ2v) is 3.97. The molecule has 0 atom stereocenters. The highest BCUT2D eigenvalue weighted by atomic mass is 16.5. The highest BCUT2D eigenvalue weighted by Gasteiger charge is 2.17. The lowest BCUT2D eigenvalue weighted by atomic mass is 10.1. The molecule has 1 rings (SSSR count). The first-order valence-electron chi connectivity index (χ1n) is 4.62. The Morgan fingerprint density at radius 2 is 2.29 bits per heavy atom. The fourth-order valence-electron chi connectivity index (χ4n) is 1.21. The van der Waals surface area contributed by atoms with Crippen molar-refractivity contribution >= 4 is 0 Å². The van der Waals surface area contributed by atoms with Crippen molar-refractivity contribution in [3.63, 3.8) is 0 Å². The number of hydrogen-bond acceptors (Lipinski definition) is 4. The van der Waals surface area contributed by atoms with Gasteiger partial charge in [0.1, 0.15) is 12.2 Å². The Kier molecular flexibility index (Phi) is 3.60. The molecule has 0 aliphatic carbocycles. The summed E-state index contributed by atoms with van der Waals surface area (Å²) in [5, 5.41) is 7.35. The molecule has 80 valence electrons. The summed E-state index contributed by atoms with van der Waals surface area (Å²) >= 11 is 0. The standard InChI is InChI=1S/C9H18N4O/c1-9(2,6-14-4)11-5-8-10-7-12-13(8)3/h7,11H,5-6H2,1-4H3. The van der Waals surface area contributed by atoms with Crippen molar-refractivity contribution in [2.24, 2.45) is 7.05 Å². The average Bonchev–Trinajstić information content (AvgIpc) is 2.48. The normalized spacial score (nSPS) is 12.0. The van der Waals surface area contributed by atoms with Gasteiger partial charge in [-0.15, -0.1) is 0 Å². The maximum atomic E-state index is 5.10. The SMILES string of the molecule is COCC(C)(C)NCc1ncnn1C. The van der Waals surface area contributed by atoms with E-state index in [0.29, 0.717) is 13.2 Å². The van der Waals surface area contributed by atoms with Crippen LogP contribution in [0.3, 0.4) is 0 Å². The Bertz CT molecular complexity index is 282. The molecule has 14 heavy (non-hydrogen) atoms. The largest absolute Gasteiger partial charge is 0.383 e. The van der Waals surface area contributed by atoms with Crippen molar-refractivity contribution in [2.75, 3.05) is 13.7 Å². The number of methoxy groups -OCH3 is 1.